The SMILES string of the molecule is C#CCn1cnc2c(N[C@@H]3C[C@H]3c3ccc(F)c(F)c3)nc(SCCC)nc21.Cl. The number of aromatic nitrogens is 4. The van der Waals surface area contributed by atoms with Gasteiger partial charge in [-0.25, -0.2) is 23.7 Å². The predicted octanol–water partition coefficient (Wildman–Crippen LogP) is 4.63. The molecule has 0 spiro atoms. The maximum atomic E-state index is 13.5. The topological polar surface area (TPSA) is 55.6 Å². The number of benzene rings is 1. The molecule has 0 aliphatic heterocycles. The molecule has 0 unspecified atom stereocenters. The van der Waals surface area contributed by atoms with Crippen molar-refractivity contribution in [2.75, 3.05) is 11.1 Å². The molecule has 0 amide bonds. The van der Waals surface area contributed by atoms with Crippen LogP contribution in [0, 0.1) is 24.0 Å². The fourth-order valence-corrected chi connectivity index (χ4v) is 3.83. The van der Waals surface area contributed by atoms with Gasteiger partial charge in [-0.1, -0.05) is 30.7 Å². The molecule has 1 N–H and O–H groups in total. The van der Waals surface area contributed by atoms with Crippen LogP contribution in [0.4, 0.5) is 14.6 Å². The smallest absolute Gasteiger partial charge is 0.191 e. The van der Waals surface area contributed by atoms with Gasteiger partial charge in [-0.15, -0.1) is 18.8 Å². The van der Waals surface area contributed by atoms with Crippen LogP contribution in [0.2, 0.25) is 0 Å². The summed E-state index contributed by atoms with van der Waals surface area (Å²) < 4.78 is 28.5. The fourth-order valence-electron chi connectivity index (χ4n) is 3.14. The maximum absolute atomic E-state index is 13.5. The zero-order chi connectivity index (χ0) is 19.7. The van der Waals surface area contributed by atoms with E-state index in [9.17, 15) is 8.78 Å². The van der Waals surface area contributed by atoms with E-state index in [1.807, 2.05) is 4.57 Å². The number of hydrogen-bond acceptors (Lipinski definition) is 5. The Morgan fingerprint density at radius 1 is 1.31 bits per heavy atom. The van der Waals surface area contributed by atoms with Crippen LogP contribution >= 0.6 is 24.2 Å². The molecule has 1 fully saturated rings. The van der Waals surface area contributed by atoms with Crippen molar-refractivity contribution in [1.82, 2.24) is 19.5 Å². The molecule has 1 aliphatic carbocycles. The van der Waals surface area contributed by atoms with E-state index >= 15 is 0 Å². The zero-order valence-electron chi connectivity index (χ0n) is 15.7. The van der Waals surface area contributed by atoms with Crippen LogP contribution in [0.15, 0.2) is 29.7 Å². The van der Waals surface area contributed by atoms with Crippen molar-refractivity contribution in [3.05, 3.63) is 41.7 Å². The van der Waals surface area contributed by atoms with Crippen LogP contribution in [0.5, 0.6) is 0 Å². The Labute approximate surface area is 178 Å². The molecule has 1 aliphatic rings. The quantitative estimate of drug-likeness (QED) is 0.333. The minimum atomic E-state index is -0.830. The minimum absolute atomic E-state index is 0. The van der Waals surface area contributed by atoms with Gasteiger partial charge in [0.05, 0.1) is 12.9 Å². The molecule has 29 heavy (non-hydrogen) atoms. The standard InChI is InChI=1S/C20H19F2N5S.ClH/c1-3-7-27-11-23-17-18(25-20(26-19(17)27)28-8-4-2)24-16-10-13(16)12-5-6-14(21)15(22)9-12;/h1,5-6,9,11,13,16H,4,7-8,10H2,2H3,(H,24,25,26);1H/t13-,16+;/m0./s1. The molecule has 2 aromatic heterocycles. The van der Waals surface area contributed by atoms with Crippen LogP contribution < -0.4 is 5.32 Å². The lowest BCUT2D eigenvalue weighted by molar-refractivity contribution is 0.507. The lowest BCUT2D eigenvalue weighted by Gasteiger charge is -2.09. The van der Waals surface area contributed by atoms with Gasteiger partial charge >= 0.3 is 0 Å². The number of fused-ring (bicyclic) bond motifs is 1. The first-order valence-electron chi connectivity index (χ1n) is 9.11. The normalized spacial score (nSPS) is 17.6. The third kappa shape index (κ3) is 4.46. The predicted molar refractivity (Wildman–Crippen MR) is 114 cm³/mol. The Hall–Kier alpha value is -2.37. The summed E-state index contributed by atoms with van der Waals surface area (Å²) in [5.74, 6) is 2.62. The number of nitrogens with zero attached hydrogens (tertiary/aromatic N) is 4. The molecule has 0 bridgehead atoms. The second-order valence-electron chi connectivity index (χ2n) is 6.72. The number of imidazole rings is 1. The molecule has 4 rings (SSSR count). The third-order valence-corrected chi connectivity index (χ3v) is 5.68. The average Bonchev–Trinajstić information content (AvgIpc) is 3.33. The number of anilines is 1. The van der Waals surface area contributed by atoms with E-state index in [2.05, 4.69) is 33.1 Å². The molecule has 152 valence electrons. The van der Waals surface area contributed by atoms with E-state index in [-0.39, 0.29) is 24.4 Å². The second-order valence-corrected chi connectivity index (χ2v) is 7.78. The van der Waals surface area contributed by atoms with Crippen LogP contribution in [-0.2, 0) is 6.54 Å². The minimum Gasteiger partial charge on any atom is -0.365 e. The van der Waals surface area contributed by atoms with E-state index in [0.717, 1.165) is 24.2 Å². The lowest BCUT2D eigenvalue weighted by atomic mass is 10.1. The summed E-state index contributed by atoms with van der Waals surface area (Å²) in [6, 6.07) is 4.15. The number of thioether (sulfide) groups is 1. The van der Waals surface area contributed by atoms with Crippen LogP contribution in [-0.4, -0.2) is 31.3 Å². The summed E-state index contributed by atoms with van der Waals surface area (Å²) in [6.45, 7) is 2.48. The molecule has 2 atom stereocenters. The lowest BCUT2D eigenvalue weighted by Crippen LogP contribution is -2.08. The molecule has 2 heterocycles. The number of halogens is 3. The average molecular weight is 436 g/mol. The zero-order valence-corrected chi connectivity index (χ0v) is 17.4. The van der Waals surface area contributed by atoms with E-state index in [1.54, 1.807) is 24.2 Å². The monoisotopic (exact) mass is 435 g/mol. The van der Waals surface area contributed by atoms with Gasteiger partial charge in [0.1, 0.15) is 0 Å². The summed E-state index contributed by atoms with van der Waals surface area (Å²) in [6.07, 6.45) is 8.94. The van der Waals surface area contributed by atoms with E-state index in [0.29, 0.717) is 28.7 Å². The van der Waals surface area contributed by atoms with Crippen molar-refractivity contribution in [2.24, 2.45) is 0 Å². The Morgan fingerprint density at radius 2 is 2.14 bits per heavy atom. The molecular weight excluding hydrogens is 416 g/mol. The number of rotatable bonds is 7. The molecule has 0 radical (unpaired) electrons. The van der Waals surface area contributed by atoms with Crippen LogP contribution in [0.3, 0.4) is 0 Å². The van der Waals surface area contributed by atoms with Gasteiger partial charge in [-0.3, -0.25) is 0 Å². The largest absolute Gasteiger partial charge is 0.365 e. The number of terminal acetylenes is 1. The van der Waals surface area contributed by atoms with Crippen molar-refractivity contribution in [3.63, 3.8) is 0 Å². The summed E-state index contributed by atoms with van der Waals surface area (Å²) >= 11 is 1.58. The van der Waals surface area contributed by atoms with Crippen LogP contribution in [0.1, 0.15) is 31.2 Å². The van der Waals surface area contributed by atoms with Crippen molar-refractivity contribution in [2.45, 2.75) is 43.4 Å². The Morgan fingerprint density at radius 3 is 2.86 bits per heavy atom. The van der Waals surface area contributed by atoms with Gasteiger partial charge in [0.15, 0.2) is 33.8 Å². The molecule has 3 aromatic rings. The van der Waals surface area contributed by atoms with Gasteiger partial charge in [0.25, 0.3) is 0 Å². The third-order valence-electron chi connectivity index (χ3n) is 4.62. The molecule has 1 aromatic carbocycles. The summed E-state index contributed by atoms with van der Waals surface area (Å²) in [5, 5.41) is 4.07. The molecule has 1 saturated carbocycles. The first-order valence-corrected chi connectivity index (χ1v) is 10.1. The Bertz CT molecular complexity index is 1060. The Balaban J connectivity index is 0.00000240. The highest BCUT2D eigenvalue weighted by molar-refractivity contribution is 7.99. The fraction of sp³-hybridized carbons (Fsp3) is 0.350. The van der Waals surface area contributed by atoms with E-state index < -0.39 is 11.6 Å². The molecule has 5 nitrogen and oxygen atoms in total. The van der Waals surface area contributed by atoms with Gasteiger partial charge in [-0.05, 0) is 30.5 Å². The first-order chi connectivity index (χ1) is 13.6. The van der Waals surface area contributed by atoms with Crippen molar-refractivity contribution < 1.29 is 8.78 Å². The van der Waals surface area contributed by atoms with Crippen molar-refractivity contribution >= 4 is 41.2 Å². The molecule has 9 heteroatoms. The molecule has 0 saturated heterocycles. The van der Waals surface area contributed by atoms with Crippen molar-refractivity contribution in [3.8, 4) is 12.3 Å². The van der Waals surface area contributed by atoms with Gasteiger partial charge in [-0.2, -0.15) is 0 Å². The highest BCUT2D eigenvalue weighted by atomic mass is 35.5. The molecular formula is C20H20ClF2N5S. The summed E-state index contributed by atoms with van der Waals surface area (Å²) in [4.78, 5) is 13.7. The first kappa shape index (κ1) is 21.3. The van der Waals surface area contributed by atoms with E-state index in [4.69, 9.17) is 6.42 Å². The van der Waals surface area contributed by atoms with Gasteiger partial charge in [0, 0.05) is 17.7 Å². The number of nitrogens with one attached hydrogen (secondary N) is 1. The summed E-state index contributed by atoms with van der Waals surface area (Å²) in [7, 11) is 0. The van der Waals surface area contributed by atoms with Crippen LogP contribution in [0.25, 0.3) is 11.2 Å². The van der Waals surface area contributed by atoms with E-state index in [1.165, 1.54) is 12.1 Å². The highest BCUT2D eigenvalue weighted by Gasteiger charge is 2.39. The van der Waals surface area contributed by atoms with Crippen molar-refractivity contribution in [1.29, 1.82) is 0 Å². The second kappa shape index (κ2) is 8.97. The number of hydrogen-bond donors (Lipinski definition) is 1. The summed E-state index contributed by atoms with van der Waals surface area (Å²) in [5.41, 5.74) is 2.13. The maximum Gasteiger partial charge on any atom is 0.191 e. The highest BCUT2D eigenvalue weighted by Crippen LogP contribution is 2.43. The Kier molecular flexibility index (Phi) is 6.60. The van der Waals surface area contributed by atoms with Gasteiger partial charge < -0.3 is 9.88 Å². The van der Waals surface area contributed by atoms with Gasteiger partial charge in [0.2, 0.25) is 0 Å².